The Morgan fingerprint density at radius 3 is 2.67 bits per heavy atom. The minimum atomic E-state index is -0.0699. The Kier molecular flexibility index (Phi) is 3.03. The normalized spacial score (nSPS) is 31.5. The highest BCUT2D eigenvalue weighted by atomic mass is 35.5. The molecule has 84 valence electrons. The van der Waals surface area contributed by atoms with E-state index in [-0.39, 0.29) is 10.9 Å². The third-order valence-corrected chi connectivity index (χ3v) is 3.61. The van der Waals surface area contributed by atoms with E-state index in [1.807, 2.05) is 4.90 Å². The summed E-state index contributed by atoms with van der Waals surface area (Å²) in [4.78, 5) is 16.1. The van der Waals surface area contributed by atoms with Crippen LogP contribution in [0.3, 0.4) is 0 Å². The summed E-state index contributed by atoms with van der Waals surface area (Å²) < 4.78 is 0. The Balaban J connectivity index is 2.17. The molecule has 2 aliphatic heterocycles. The Morgan fingerprint density at radius 1 is 1.33 bits per heavy atom. The molecule has 3 nitrogen and oxygen atoms in total. The molecule has 4 heteroatoms. The molecule has 0 aromatic carbocycles. The van der Waals surface area contributed by atoms with Crippen molar-refractivity contribution in [3.63, 3.8) is 0 Å². The highest BCUT2D eigenvalue weighted by Gasteiger charge is 2.39. The summed E-state index contributed by atoms with van der Waals surface area (Å²) in [6, 6.07) is 0.716. The van der Waals surface area contributed by atoms with Gasteiger partial charge in [0.1, 0.15) is 0 Å². The van der Waals surface area contributed by atoms with Gasteiger partial charge < -0.3 is 9.80 Å². The van der Waals surface area contributed by atoms with Crippen molar-refractivity contribution in [2.75, 3.05) is 20.1 Å². The van der Waals surface area contributed by atoms with Crippen LogP contribution < -0.4 is 0 Å². The van der Waals surface area contributed by atoms with Gasteiger partial charge in [-0.25, -0.2) is 0 Å². The van der Waals surface area contributed by atoms with Crippen molar-refractivity contribution >= 4 is 17.5 Å². The molecule has 0 aromatic heterocycles. The van der Waals surface area contributed by atoms with Crippen LogP contribution >= 0.6 is 11.6 Å². The van der Waals surface area contributed by atoms with Gasteiger partial charge in [-0.1, -0.05) is 18.2 Å². The van der Waals surface area contributed by atoms with E-state index in [9.17, 15) is 4.79 Å². The van der Waals surface area contributed by atoms with E-state index in [0.717, 1.165) is 32.4 Å². The standard InChI is InChI=1S/C11H17ClN2O/c1-8(12)11(15)14-9-3-4-10(14)7-13(2)6-5-9/h9-10H,1,3-7H2,2H3. The van der Waals surface area contributed by atoms with Gasteiger partial charge in [0, 0.05) is 18.6 Å². The third-order valence-electron chi connectivity index (χ3n) is 3.45. The van der Waals surface area contributed by atoms with Gasteiger partial charge >= 0.3 is 0 Å². The summed E-state index contributed by atoms with van der Waals surface area (Å²) in [5.41, 5.74) is 0. The van der Waals surface area contributed by atoms with Crippen LogP contribution in [0.1, 0.15) is 19.3 Å². The van der Waals surface area contributed by atoms with Gasteiger partial charge in [-0.2, -0.15) is 0 Å². The van der Waals surface area contributed by atoms with E-state index in [1.54, 1.807) is 0 Å². The molecule has 2 fully saturated rings. The van der Waals surface area contributed by atoms with Gasteiger partial charge in [-0.15, -0.1) is 0 Å². The van der Waals surface area contributed by atoms with Gasteiger partial charge in [0.25, 0.3) is 5.91 Å². The molecule has 2 atom stereocenters. The van der Waals surface area contributed by atoms with Gasteiger partial charge in [0.15, 0.2) is 0 Å². The van der Waals surface area contributed by atoms with E-state index >= 15 is 0 Å². The summed E-state index contributed by atoms with van der Waals surface area (Å²) in [6.07, 6.45) is 3.28. The predicted molar refractivity (Wildman–Crippen MR) is 60.8 cm³/mol. The number of carbonyl (C=O) groups excluding carboxylic acids is 1. The van der Waals surface area contributed by atoms with Gasteiger partial charge in [0.05, 0.1) is 5.03 Å². The Morgan fingerprint density at radius 2 is 2.00 bits per heavy atom. The first kappa shape index (κ1) is 11.0. The van der Waals surface area contributed by atoms with Crippen LogP contribution in [0.2, 0.25) is 0 Å². The van der Waals surface area contributed by atoms with Crippen LogP contribution in [-0.4, -0.2) is 47.9 Å². The molecule has 0 saturated carbocycles. The fraction of sp³-hybridized carbons (Fsp3) is 0.727. The van der Waals surface area contributed by atoms with Crippen molar-refractivity contribution in [3.05, 3.63) is 11.6 Å². The zero-order valence-corrected chi connectivity index (χ0v) is 9.83. The molecule has 2 rings (SSSR count). The molecule has 0 spiro atoms. The average molecular weight is 229 g/mol. The van der Waals surface area contributed by atoms with Crippen LogP contribution in [0.15, 0.2) is 11.6 Å². The highest BCUT2D eigenvalue weighted by Crippen LogP contribution is 2.31. The number of likely N-dealkylation sites (tertiary alicyclic amines) is 1. The van der Waals surface area contributed by atoms with E-state index in [1.165, 1.54) is 0 Å². The number of amides is 1. The highest BCUT2D eigenvalue weighted by molar-refractivity contribution is 6.41. The van der Waals surface area contributed by atoms with Gasteiger partial charge in [0.2, 0.25) is 0 Å². The van der Waals surface area contributed by atoms with Crippen molar-refractivity contribution in [1.82, 2.24) is 9.80 Å². The molecule has 2 unspecified atom stereocenters. The van der Waals surface area contributed by atoms with Crippen LogP contribution in [0.5, 0.6) is 0 Å². The maximum atomic E-state index is 11.9. The zero-order valence-electron chi connectivity index (χ0n) is 9.08. The zero-order chi connectivity index (χ0) is 11.0. The Bertz CT molecular complexity index is 292. The topological polar surface area (TPSA) is 23.6 Å². The van der Waals surface area contributed by atoms with Crippen LogP contribution in [0.25, 0.3) is 0 Å². The molecule has 2 bridgehead atoms. The van der Waals surface area contributed by atoms with E-state index in [4.69, 9.17) is 11.6 Å². The minimum Gasteiger partial charge on any atom is -0.331 e. The second kappa shape index (κ2) is 4.14. The molecule has 0 aliphatic carbocycles. The number of carbonyl (C=O) groups is 1. The molecule has 0 aromatic rings. The fourth-order valence-corrected chi connectivity index (χ4v) is 2.81. The monoisotopic (exact) mass is 228 g/mol. The van der Waals surface area contributed by atoms with Crippen LogP contribution in [0, 0.1) is 0 Å². The van der Waals surface area contributed by atoms with E-state index < -0.39 is 0 Å². The summed E-state index contributed by atoms with van der Waals surface area (Å²) in [5.74, 6) is -0.0699. The van der Waals surface area contributed by atoms with Crippen molar-refractivity contribution < 1.29 is 4.79 Å². The SMILES string of the molecule is C=C(Cl)C(=O)N1C2CCC1CN(C)CC2. The molecule has 15 heavy (non-hydrogen) atoms. The second-order valence-electron chi connectivity index (χ2n) is 4.55. The third kappa shape index (κ3) is 2.04. The number of hydrogen-bond acceptors (Lipinski definition) is 2. The minimum absolute atomic E-state index is 0.0699. The fourth-order valence-electron chi connectivity index (χ4n) is 2.72. The summed E-state index contributed by atoms with van der Waals surface area (Å²) in [7, 11) is 2.11. The Labute approximate surface area is 95.7 Å². The first-order valence-electron chi connectivity index (χ1n) is 5.45. The van der Waals surface area contributed by atoms with E-state index in [2.05, 4.69) is 18.5 Å². The second-order valence-corrected chi connectivity index (χ2v) is 5.01. The molecule has 1 amide bonds. The largest absolute Gasteiger partial charge is 0.331 e. The van der Waals surface area contributed by atoms with Gasteiger partial charge in [-0.05, 0) is 32.9 Å². The number of nitrogens with zero attached hydrogens (tertiary/aromatic N) is 2. The molecular weight excluding hydrogens is 212 g/mol. The van der Waals surface area contributed by atoms with Crippen LogP contribution in [-0.2, 0) is 4.79 Å². The molecule has 2 saturated heterocycles. The van der Waals surface area contributed by atoms with E-state index in [0.29, 0.717) is 12.1 Å². The number of hydrogen-bond donors (Lipinski definition) is 0. The maximum Gasteiger partial charge on any atom is 0.265 e. The lowest BCUT2D eigenvalue weighted by Crippen LogP contribution is -2.42. The van der Waals surface area contributed by atoms with Crippen molar-refractivity contribution in [3.8, 4) is 0 Å². The van der Waals surface area contributed by atoms with Crippen LogP contribution in [0.4, 0.5) is 0 Å². The van der Waals surface area contributed by atoms with Gasteiger partial charge in [-0.3, -0.25) is 4.79 Å². The number of rotatable bonds is 1. The predicted octanol–water partition coefficient (Wildman–Crippen LogP) is 1.43. The lowest BCUT2D eigenvalue weighted by molar-refractivity contribution is -0.129. The first-order valence-corrected chi connectivity index (χ1v) is 5.83. The van der Waals surface area contributed by atoms with Crippen molar-refractivity contribution in [2.45, 2.75) is 31.3 Å². The smallest absolute Gasteiger partial charge is 0.265 e. The molecule has 0 N–H and O–H groups in total. The lowest BCUT2D eigenvalue weighted by Gasteiger charge is -2.27. The number of likely N-dealkylation sites (N-methyl/N-ethyl adjacent to an activating group) is 1. The molecular formula is C11H17ClN2O. The summed E-state index contributed by atoms with van der Waals surface area (Å²) in [6.45, 7) is 5.57. The molecule has 2 heterocycles. The summed E-state index contributed by atoms with van der Waals surface area (Å²) in [5, 5.41) is 0.149. The molecule has 0 radical (unpaired) electrons. The van der Waals surface area contributed by atoms with Crippen molar-refractivity contribution in [1.29, 1.82) is 0 Å². The quantitative estimate of drug-likeness (QED) is 0.634. The average Bonchev–Trinajstić information content (AvgIpc) is 2.47. The molecule has 2 aliphatic rings. The lowest BCUT2D eigenvalue weighted by atomic mass is 10.1. The Hall–Kier alpha value is -0.540. The van der Waals surface area contributed by atoms with Crippen molar-refractivity contribution in [2.24, 2.45) is 0 Å². The maximum absolute atomic E-state index is 11.9. The number of halogens is 1. The first-order chi connectivity index (χ1) is 7.09. The number of fused-ring (bicyclic) bond motifs is 2. The summed E-state index contributed by atoms with van der Waals surface area (Å²) >= 11 is 5.71.